The topological polar surface area (TPSA) is 74.6 Å². The standard InChI is InChI=1S/C12H12F2O4/c1-2-9(15)8-5-6(11(13)14)3-4-7(8)10(16)12(17)18/h3-5,10-11,16H,2H2,1H3,(H,17,18). The van der Waals surface area contributed by atoms with Crippen molar-refractivity contribution in [2.75, 3.05) is 0 Å². The summed E-state index contributed by atoms with van der Waals surface area (Å²) < 4.78 is 25.0. The molecule has 0 heterocycles. The van der Waals surface area contributed by atoms with Gasteiger partial charge in [-0.2, -0.15) is 0 Å². The minimum atomic E-state index is -2.76. The summed E-state index contributed by atoms with van der Waals surface area (Å²) >= 11 is 0. The van der Waals surface area contributed by atoms with E-state index < -0.39 is 24.3 Å². The lowest BCUT2D eigenvalue weighted by Gasteiger charge is -2.12. The molecule has 1 unspecified atom stereocenters. The molecular weight excluding hydrogens is 246 g/mol. The first kappa shape index (κ1) is 14.2. The fourth-order valence-electron chi connectivity index (χ4n) is 1.51. The number of hydrogen-bond acceptors (Lipinski definition) is 3. The van der Waals surface area contributed by atoms with Gasteiger partial charge in [-0.1, -0.05) is 19.1 Å². The van der Waals surface area contributed by atoms with Crippen molar-refractivity contribution in [3.8, 4) is 0 Å². The summed E-state index contributed by atoms with van der Waals surface area (Å²) in [5.41, 5.74) is -0.725. The highest BCUT2D eigenvalue weighted by Gasteiger charge is 2.23. The summed E-state index contributed by atoms with van der Waals surface area (Å²) in [5.74, 6) is -2.03. The molecule has 2 N–H and O–H groups in total. The van der Waals surface area contributed by atoms with Crippen molar-refractivity contribution in [3.05, 3.63) is 34.9 Å². The third kappa shape index (κ3) is 2.89. The third-order valence-corrected chi connectivity index (χ3v) is 2.48. The summed E-state index contributed by atoms with van der Waals surface area (Å²) in [6, 6.07) is 2.97. The number of hydrogen-bond donors (Lipinski definition) is 2. The molecule has 98 valence electrons. The monoisotopic (exact) mass is 258 g/mol. The van der Waals surface area contributed by atoms with Crippen LogP contribution in [0.5, 0.6) is 0 Å². The maximum Gasteiger partial charge on any atom is 0.337 e. The van der Waals surface area contributed by atoms with Crippen LogP contribution in [0.2, 0.25) is 0 Å². The number of benzene rings is 1. The van der Waals surface area contributed by atoms with Crippen molar-refractivity contribution >= 4 is 11.8 Å². The van der Waals surface area contributed by atoms with E-state index in [9.17, 15) is 23.5 Å². The molecule has 1 rings (SSSR count). The average Bonchev–Trinajstić information content (AvgIpc) is 2.35. The molecular formula is C12H12F2O4. The summed E-state index contributed by atoms with van der Waals surface area (Å²) in [5, 5.41) is 18.1. The SMILES string of the molecule is CCC(=O)c1cc(C(F)F)ccc1C(O)C(=O)O. The zero-order chi connectivity index (χ0) is 13.9. The van der Waals surface area contributed by atoms with Gasteiger partial charge < -0.3 is 10.2 Å². The molecule has 1 atom stereocenters. The van der Waals surface area contributed by atoms with Gasteiger partial charge in [0.1, 0.15) is 0 Å². The first-order valence-corrected chi connectivity index (χ1v) is 5.24. The van der Waals surface area contributed by atoms with Crippen molar-refractivity contribution in [1.82, 2.24) is 0 Å². The van der Waals surface area contributed by atoms with E-state index in [1.165, 1.54) is 6.92 Å². The number of Topliss-reactive ketones (excluding diaryl/α,β-unsaturated/α-hetero) is 1. The number of carboxylic acid groups (broad SMARTS) is 1. The molecule has 18 heavy (non-hydrogen) atoms. The van der Waals surface area contributed by atoms with E-state index in [0.717, 1.165) is 18.2 Å². The Morgan fingerprint density at radius 2 is 1.94 bits per heavy atom. The van der Waals surface area contributed by atoms with Crippen molar-refractivity contribution < 1.29 is 28.6 Å². The molecule has 1 aromatic rings. The van der Waals surface area contributed by atoms with Crippen molar-refractivity contribution in [2.24, 2.45) is 0 Å². The van der Waals surface area contributed by atoms with E-state index in [1.807, 2.05) is 0 Å². The van der Waals surface area contributed by atoms with Crippen LogP contribution < -0.4 is 0 Å². The van der Waals surface area contributed by atoms with Crippen LogP contribution in [0.15, 0.2) is 18.2 Å². The van der Waals surface area contributed by atoms with E-state index in [2.05, 4.69) is 0 Å². The zero-order valence-electron chi connectivity index (χ0n) is 9.56. The number of halogens is 2. The van der Waals surface area contributed by atoms with Gasteiger partial charge in [0.15, 0.2) is 11.9 Å². The zero-order valence-corrected chi connectivity index (χ0v) is 9.56. The number of alkyl halides is 2. The summed E-state index contributed by atoms with van der Waals surface area (Å²) in [6.07, 6.45) is -4.63. The Morgan fingerprint density at radius 1 is 1.33 bits per heavy atom. The maximum absolute atomic E-state index is 12.5. The van der Waals surface area contributed by atoms with Crippen LogP contribution >= 0.6 is 0 Å². The fraction of sp³-hybridized carbons (Fsp3) is 0.333. The minimum absolute atomic E-state index is 0.0338. The Bertz CT molecular complexity index is 471. The Hall–Kier alpha value is -1.82. The minimum Gasteiger partial charge on any atom is -0.479 e. The van der Waals surface area contributed by atoms with Gasteiger partial charge in [0.05, 0.1) is 0 Å². The molecule has 4 nitrogen and oxygen atoms in total. The van der Waals surface area contributed by atoms with Crippen LogP contribution in [0, 0.1) is 0 Å². The van der Waals surface area contributed by atoms with Gasteiger partial charge in [-0.05, 0) is 6.07 Å². The Kier molecular flexibility index (Phi) is 4.49. The lowest BCUT2D eigenvalue weighted by Crippen LogP contribution is -2.15. The second kappa shape index (κ2) is 5.68. The van der Waals surface area contributed by atoms with E-state index in [1.54, 1.807) is 0 Å². The number of rotatable bonds is 5. The van der Waals surface area contributed by atoms with Crippen LogP contribution in [-0.4, -0.2) is 22.0 Å². The highest BCUT2D eigenvalue weighted by atomic mass is 19.3. The Balaban J connectivity index is 3.33. The maximum atomic E-state index is 12.5. The number of ketones is 1. The number of carboxylic acids is 1. The molecule has 0 radical (unpaired) electrons. The second-order valence-corrected chi connectivity index (χ2v) is 3.66. The van der Waals surface area contributed by atoms with Crippen LogP contribution in [-0.2, 0) is 4.79 Å². The van der Waals surface area contributed by atoms with Gasteiger partial charge in [-0.3, -0.25) is 4.79 Å². The highest BCUT2D eigenvalue weighted by Crippen LogP contribution is 2.26. The Labute approximate surface area is 102 Å². The largest absolute Gasteiger partial charge is 0.479 e. The van der Waals surface area contributed by atoms with Crippen molar-refractivity contribution in [3.63, 3.8) is 0 Å². The van der Waals surface area contributed by atoms with Gasteiger partial charge in [0, 0.05) is 23.1 Å². The molecule has 0 fully saturated rings. The van der Waals surface area contributed by atoms with E-state index in [-0.39, 0.29) is 23.1 Å². The van der Waals surface area contributed by atoms with E-state index >= 15 is 0 Å². The molecule has 0 aliphatic rings. The summed E-state index contributed by atoms with van der Waals surface area (Å²) in [6.45, 7) is 1.52. The predicted octanol–water partition coefficient (Wildman–Crippen LogP) is 2.33. The fourth-order valence-corrected chi connectivity index (χ4v) is 1.51. The molecule has 0 aliphatic heterocycles. The molecule has 6 heteroatoms. The van der Waals surface area contributed by atoms with Crippen LogP contribution in [0.4, 0.5) is 8.78 Å². The van der Waals surface area contributed by atoms with Crippen LogP contribution in [0.25, 0.3) is 0 Å². The summed E-state index contributed by atoms with van der Waals surface area (Å²) in [7, 11) is 0. The smallest absolute Gasteiger partial charge is 0.337 e. The lowest BCUT2D eigenvalue weighted by molar-refractivity contribution is -0.146. The Morgan fingerprint density at radius 3 is 2.39 bits per heavy atom. The van der Waals surface area contributed by atoms with Crippen LogP contribution in [0.1, 0.15) is 47.4 Å². The number of carbonyl (C=O) groups is 2. The van der Waals surface area contributed by atoms with Crippen molar-refractivity contribution in [2.45, 2.75) is 25.9 Å². The molecule has 0 saturated heterocycles. The number of carbonyl (C=O) groups excluding carboxylic acids is 1. The molecule has 1 aromatic carbocycles. The third-order valence-electron chi connectivity index (χ3n) is 2.48. The second-order valence-electron chi connectivity index (χ2n) is 3.66. The molecule has 0 aromatic heterocycles. The van der Waals surface area contributed by atoms with Gasteiger partial charge in [0.2, 0.25) is 0 Å². The first-order valence-electron chi connectivity index (χ1n) is 5.24. The molecule has 0 spiro atoms. The average molecular weight is 258 g/mol. The molecule has 0 aliphatic carbocycles. The predicted molar refractivity (Wildman–Crippen MR) is 58.6 cm³/mol. The van der Waals surface area contributed by atoms with Gasteiger partial charge in [0.25, 0.3) is 6.43 Å². The molecule has 0 amide bonds. The van der Waals surface area contributed by atoms with Gasteiger partial charge in [-0.25, -0.2) is 13.6 Å². The number of aliphatic hydroxyl groups excluding tert-OH is 1. The normalized spacial score (nSPS) is 12.5. The number of aliphatic carboxylic acids is 1. The van der Waals surface area contributed by atoms with Gasteiger partial charge >= 0.3 is 5.97 Å². The first-order chi connectivity index (χ1) is 8.38. The lowest BCUT2D eigenvalue weighted by atomic mass is 9.95. The van der Waals surface area contributed by atoms with E-state index in [0.29, 0.717) is 0 Å². The summed E-state index contributed by atoms with van der Waals surface area (Å²) in [4.78, 5) is 22.3. The number of aliphatic hydroxyl groups is 1. The van der Waals surface area contributed by atoms with Crippen LogP contribution in [0.3, 0.4) is 0 Å². The van der Waals surface area contributed by atoms with Gasteiger partial charge in [-0.15, -0.1) is 0 Å². The quantitative estimate of drug-likeness (QED) is 0.795. The highest BCUT2D eigenvalue weighted by molar-refractivity contribution is 5.98. The molecule has 0 saturated carbocycles. The van der Waals surface area contributed by atoms with E-state index in [4.69, 9.17) is 5.11 Å². The van der Waals surface area contributed by atoms with Crippen molar-refractivity contribution in [1.29, 1.82) is 0 Å². The molecule has 0 bridgehead atoms.